The van der Waals surface area contributed by atoms with Crippen molar-refractivity contribution in [2.24, 2.45) is 0 Å². The van der Waals surface area contributed by atoms with Crippen LogP contribution in [0.2, 0.25) is 0 Å². The van der Waals surface area contributed by atoms with Gasteiger partial charge in [0.1, 0.15) is 5.69 Å². The van der Waals surface area contributed by atoms with Crippen molar-refractivity contribution in [1.29, 1.82) is 0 Å². The molecular formula is C22H21NO2. The minimum Gasteiger partial charge on any atom is -0.464 e. The maximum atomic E-state index is 12.5. The number of rotatable bonds is 2. The van der Waals surface area contributed by atoms with Gasteiger partial charge in [-0.2, -0.15) is 0 Å². The number of aromatic nitrogens is 1. The number of aromatic amines is 1. The van der Waals surface area contributed by atoms with Crippen LogP contribution in [0, 0.1) is 13.8 Å². The molecule has 1 aliphatic rings. The first-order valence-corrected chi connectivity index (χ1v) is 8.58. The fraction of sp³-hybridized carbons (Fsp3) is 0.227. The fourth-order valence-electron chi connectivity index (χ4n) is 3.95. The van der Waals surface area contributed by atoms with E-state index in [0.29, 0.717) is 5.69 Å². The Morgan fingerprint density at radius 2 is 1.76 bits per heavy atom. The lowest BCUT2D eigenvalue weighted by Crippen LogP contribution is -2.04. The molecule has 4 rings (SSSR count). The average molecular weight is 331 g/mol. The number of H-pyrrole nitrogens is 1. The number of esters is 1. The lowest BCUT2D eigenvalue weighted by atomic mass is 9.86. The highest BCUT2D eigenvalue weighted by atomic mass is 16.5. The Bertz CT molecular complexity index is 961. The Hall–Kier alpha value is -2.81. The van der Waals surface area contributed by atoms with E-state index >= 15 is 0 Å². The number of carbonyl (C=O) groups excluding carboxylic acids is 1. The molecule has 0 aliphatic heterocycles. The molecule has 0 atom stereocenters. The van der Waals surface area contributed by atoms with Gasteiger partial charge in [0.05, 0.1) is 12.8 Å². The Balaban J connectivity index is 2.01. The van der Waals surface area contributed by atoms with Gasteiger partial charge in [-0.3, -0.25) is 0 Å². The number of hydrogen-bond acceptors (Lipinski definition) is 2. The van der Waals surface area contributed by atoms with Gasteiger partial charge in [-0.15, -0.1) is 0 Å². The van der Waals surface area contributed by atoms with Gasteiger partial charge >= 0.3 is 5.97 Å². The van der Waals surface area contributed by atoms with Crippen LogP contribution in [0.3, 0.4) is 0 Å². The Kier molecular flexibility index (Phi) is 3.72. The minimum absolute atomic E-state index is 0.318. The fourth-order valence-corrected chi connectivity index (χ4v) is 3.95. The first kappa shape index (κ1) is 15.7. The molecule has 3 nitrogen and oxygen atoms in total. The second kappa shape index (κ2) is 5.92. The van der Waals surface area contributed by atoms with E-state index in [1.807, 2.05) is 6.07 Å². The molecule has 0 saturated heterocycles. The number of fused-ring (bicyclic) bond motifs is 3. The van der Waals surface area contributed by atoms with E-state index in [1.54, 1.807) is 0 Å². The van der Waals surface area contributed by atoms with E-state index in [4.69, 9.17) is 4.74 Å². The van der Waals surface area contributed by atoms with Gasteiger partial charge in [-0.05, 0) is 43.4 Å². The van der Waals surface area contributed by atoms with Gasteiger partial charge in [0.15, 0.2) is 0 Å². The zero-order chi connectivity index (χ0) is 17.6. The van der Waals surface area contributed by atoms with Gasteiger partial charge in [0.25, 0.3) is 0 Å². The van der Waals surface area contributed by atoms with Gasteiger partial charge in [-0.25, -0.2) is 4.79 Å². The highest BCUT2D eigenvalue weighted by Crippen LogP contribution is 2.41. The third-order valence-corrected chi connectivity index (χ3v) is 4.93. The van der Waals surface area contributed by atoms with E-state index in [9.17, 15) is 4.79 Å². The molecule has 0 amide bonds. The molecule has 3 aromatic rings. The van der Waals surface area contributed by atoms with E-state index in [2.05, 4.69) is 55.2 Å². The molecule has 0 bridgehead atoms. The predicted octanol–water partition coefficient (Wildman–Crippen LogP) is 4.85. The van der Waals surface area contributed by atoms with Gasteiger partial charge in [0, 0.05) is 11.1 Å². The van der Waals surface area contributed by atoms with Gasteiger partial charge < -0.3 is 9.72 Å². The van der Waals surface area contributed by atoms with E-state index in [1.165, 1.54) is 34.9 Å². The molecule has 0 fully saturated rings. The summed E-state index contributed by atoms with van der Waals surface area (Å²) in [5, 5.41) is 0. The lowest BCUT2D eigenvalue weighted by molar-refractivity contribution is 0.0596. The largest absolute Gasteiger partial charge is 0.464 e. The maximum Gasteiger partial charge on any atom is 0.355 e. The van der Waals surface area contributed by atoms with Crippen molar-refractivity contribution in [3.63, 3.8) is 0 Å². The average Bonchev–Trinajstić information content (AvgIpc) is 3.00. The number of ether oxygens (including phenoxy) is 1. The number of benzene rings is 2. The molecule has 2 aromatic carbocycles. The van der Waals surface area contributed by atoms with Crippen LogP contribution in [-0.4, -0.2) is 18.1 Å². The van der Waals surface area contributed by atoms with Crippen molar-refractivity contribution in [1.82, 2.24) is 4.98 Å². The Morgan fingerprint density at radius 1 is 1.04 bits per heavy atom. The third-order valence-electron chi connectivity index (χ3n) is 4.93. The zero-order valence-corrected chi connectivity index (χ0v) is 14.8. The van der Waals surface area contributed by atoms with Crippen molar-refractivity contribution < 1.29 is 9.53 Å². The monoisotopic (exact) mass is 331 g/mol. The van der Waals surface area contributed by atoms with Gasteiger partial charge in [0.2, 0.25) is 0 Å². The van der Waals surface area contributed by atoms with Crippen LogP contribution in [0.15, 0.2) is 42.5 Å². The molecular weight excluding hydrogens is 310 g/mol. The summed E-state index contributed by atoms with van der Waals surface area (Å²) >= 11 is 0. The molecule has 1 aliphatic carbocycles. The topological polar surface area (TPSA) is 42.1 Å². The first-order chi connectivity index (χ1) is 12.1. The third kappa shape index (κ3) is 2.56. The molecule has 0 unspecified atom stereocenters. The molecule has 1 aromatic heterocycles. The van der Waals surface area contributed by atoms with Gasteiger partial charge in [-0.1, -0.05) is 53.6 Å². The molecule has 0 radical (unpaired) electrons. The minimum atomic E-state index is -0.318. The zero-order valence-electron chi connectivity index (χ0n) is 14.8. The van der Waals surface area contributed by atoms with E-state index < -0.39 is 0 Å². The second-order valence-corrected chi connectivity index (χ2v) is 6.75. The van der Waals surface area contributed by atoms with Crippen molar-refractivity contribution >= 4 is 5.97 Å². The second-order valence-electron chi connectivity index (χ2n) is 6.75. The number of carbonyl (C=O) groups is 1. The Morgan fingerprint density at radius 3 is 2.48 bits per heavy atom. The first-order valence-electron chi connectivity index (χ1n) is 8.58. The van der Waals surface area contributed by atoms with Crippen LogP contribution in [0.1, 0.15) is 32.7 Å². The summed E-state index contributed by atoms with van der Waals surface area (Å²) in [6.07, 6.45) is 1.90. The molecule has 3 heteroatoms. The lowest BCUT2D eigenvalue weighted by Gasteiger charge is -2.17. The summed E-state index contributed by atoms with van der Waals surface area (Å²) in [6, 6.07) is 14.8. The number of aryl methyl sites for hydroxylation is 3. The molecule has 0 spiro atoms. The Labute approximate surface area is 147 Å². The normalized spacial score (nSPS) is 12.4. The SMILES string of the molecule is COC(=O)c1[nH]c2c(c1-c1cc(C)cc(C)c1)CCc1ccccc1-2. The summed E-state index contributed by atoms with van der Waals surface area (Å²) in [7, 11) is 1.43. The molecule has 1 N–H and O–H groups in total. The van der Waals surface area contributed by atoms with E-state index in [-0.39, 0.29) is 5.97 Å². The summed E-state index contributed by atoms with van der Waals surface area (Å²) < 4.78 is 5.05. The van der Waals surface area contributed by atoms with Crippen LogP contribution in [-0.2, 0) is 17.6 Å². The smallest absolute Gasteiger partial charge is 0.355 e. The highest BCUT2D eigenvalue weighted by molar-refractivity contribution is 6.00. The molecule has 1 heterocycles. The molecule has 126 valence electrons. The van der Waals surface area contributed by atoms with Crippen LogP contribution < -0.4 is 0 Å². The predicted molar refractivity (Wildman–Crippen MR) is 99.9 cm³/mol. The van der Waals surface area contributed by atoms with Crippen LogP contribution in [0.5, 0.6) is 0 Å². The number of methoxy groups -OCH3 is 1. The van der Waals surface area contributed by atoms with Crippen molar-refractivity contribution in [2.45, 2.75) is 26.7 Å². The van der Waals surface area contributed by atoms with Crippen molar-refractivity contribution in [2.75, 3.05) is 7.11 Å². The summed E-state index contributed by atoms with van der Waals surface area (Å²) in [6.45, 7) is 4.17. The summed E-state index contributed by atoms with van der Waals surface area (Å²) in [4.78, 5) is 15.8. The summed E-state index contributed by atoms with van der Waals surface area (Å²) in [5.74, 6) is -0.318. The number of hydrogen-bond donors (Lipinski definition) is 1. The van der Waals surface area contributed by atoms with Crippen LogP contribution in [0.25, 0.3) is 22.4 Å². The summed E-state index contributed by atoms with van der Waals surface area (Å²) in [5.41, 5.74) is 9.77. The van der Waals surface area contributed by atoms with Crippen molar-refractivity contribution in [3.8, 4) is 22.4 Å². The quantitative estimate of drug-likeness (QED) is 0.682. The van der Waals surface area contributed by atoms with Crippen LogP contribution in [0.4, 0.5) is 0 Å². The highest BCUT2D eigenvalue weighted by Gasteiger charge is 2.28. The maximum absolute atomic E-state index is 12.5. The van der Waals surface area contributed by atoms with E-state index in [0.717, 1.165) is 29.7 Å². The molecule has 0 saturated carbocycles. The van der Waals surface area contributed by atoms with Crippen LogP contribution >= 0.6 is 0 Å². The number of nitrogens with one attached hydrogen (secondary N) is 1. The standard InChI is InChI=1S/C22H21NO2/c1-13-10-14(2)12-16(11-13)19-18-9-8-15-6-4-5-7-17(15)20(18)23-21(19)22(24)25-3/h4-7,10-12,23H,8-9H2,1-3H3. The molecule has 25 heavy (non-hydrogen) atoms. The van der Waals surface area contributed by atoms with Crippen molar-refractivity contribution in [3.05, 3.63) is 70.4 Å².